The predicted molar refractivity (Wildman–Crippen MR) is 31.5 cm³/mol. The van der Waals surface area contributed by atoms with Gasteiger partial charge in [0.1, 0.15) is 0 Å². The minimum Gasteiger partial charge on any atom is -0.394 e. The summed E-state index contributed by atoms with van der Waals surface area (Å²) in [6.07, 6.45) is 0. The highest BCUT2D eigenvalue weighted by Gasteiger charge is 1.95. The average Bonchev–Trinajstić information content (AvgIpc) is 2.47. The molecular weight excluding hydrogens is 112 g/mol. The normalized spacial score (nSPS) is 14.6. The van der Waals surface area contributed by atoms with Crippen molar-refractivity contribution >= 4 is 11.8 Å². The van der Waals surface area contributed by atoms with Gasteiger partial charge in [0.15, 0.2) is 0 Å². The summed E-state index contributed by atoms with van der Waals surface area (Å²) in [6.45, 7) is -0.250. The molecule has 1 aliphatic heterocycles. The largest absolute Gasteiger partial charge is 0.394 e. The Labute approximate surface area is 47.5 Å². The van der Waals surface area contributed by atoms with E-state index < -0.39 is 0 Å². The van der Waals surface area contributed by atoms with Gasteiger partial charge in [-0.25, -0.2) is 0 Å². The molecule has 1 saturated heterocycles. The van der Waals surface area contributed by atoms with Gasteiger partial charge in [0.05, 0.1) is 13.2 Å². The van der Waals surface area contributed by atoms with Gasteiger partial charge in [-0.2, -0.15) is 11.8 Å². The lowest BCUT2D eigenvalue weighted by Crippen LogP contribution is -1.85. The molecular formula is C4H10O2S. The van der Waals surface area contributed by atoms with Gasteiger partial charge in [0.25, 0.3) is 0 Å². The van der Waals surface area contributed by atoms with Crippen molar-refractivity contribution in [3.05, 3.63) is 0 Å². The summed E-state index contributed by atoms with van der Waals surface area (Å²) in [4.78, 5) is 0. The SMILES string of the molecule is C1CS1.OCCO. The monoisotopic (exact) mass is 122 g/mol. The summed E-state index contributed by atoms with van der Waals surface area (Å²) in [5, 5.41) is 15.2. The van der Waals surface area contributed by atoms with E-state index in [0.717, 1.165) is 0 Å². The Hall–Kier alpha value is 0.270. The van der Waals surface area contributed by atoms with Gasteiger partial charge in [-0.05, 0) is 0 Å². The minimum atomic E-state index is -0.125. The van der Waals surface area contributed by atoms with Crippen LogP contribution in [0.25, 0.3) is 0 Å². The fourth-order valence-corrected chi connectivity index (χ4v) is 0. The van der Waals surface area contributed by atoms with E-state index in [1.807, 2.05) is 11.8 Å². The van der Waals surface area contributed by atoms with Crippen molar-refractivity contribution < 1.29 is 10.2 Å². The van der Waals surface area contributed by atoms with Gasteiger partial charge in [-0.1, -0.05) is 0 Å². The molecule has 0 radical (unpaired) electrons. The maximum Gasteiger partial charge on any atom is 0.0662 e. The van der Waals surface area contributed by atoms with Crippen molar-refractivity contribution in [1.82, 2.24) is 0 Å². The van der Waals surface area contributed by atoms with Gasteiger partial charge in [0.2, 0.25) is 0 Å². The van der Waals surface area contributed by atoms with E-state index in [4.69, 9.17) is 10.2 Å². The molecule has 0 unspecified atom stereocenters. The lowest BCUT2D eigenvalue weighted by Gasteiger charge is -1.70. The molecule has 0 bridgehead atoms. The molecule has 0 aliphatic carbocycles. The molecule has 2 nitrogen and oxygen atoms in total. The van der Waals surface area contributed by atoms with Crippen LogP contribution >= 0.6 is 11.8 Å². The van der Waals surface area contributed by atoms with E-state index in [9.17, 15) is 0 Å². The van der Waals surface area contributed by atoms with E-state index in [-0.39, 0.29) is 13.2 Å². The van der Waals surface area contributed by atoms with Gasteiger partial charge >= 0.3 is 0 Å². The lowest BCUT2D eigenvalue weighted by molar-refractivity contribution is 0.186. The number of hydrogen-bond donors (Lipinski definition) is 2. The molecule has 3 heteroatoms. The third kappa shape index (κ3) is 22.2. The summed E-state index contributed by atoms with van der Waals surface area (Å²) < 4.78 is 0. The minimum absolute atomic E-state index is 0.125. The Bertz CT molecular complexity index is 26.1. The molecule has 2 N–H and O–H groups in total. The van der Waals surface area contributed by atoms with E-state index in [1.165, 1.54) is 11.5 Å². The molecule has 1 fully saturated rings. The van der Waals surface area contributed by atoms with Crippen molar-refractivity contribution in [2.75, 3.05) is 24.7 Å². The molecule has 0 atom stereocenters. The van der Waals surface area contributed by atoms with Crippen LogP contribution in [0.15, 0.2) is 0 Å². The third-order valence-electron chi connectivity index (χ3n) is 0.304. The van der Waals surface area contributed by atoms with Crippen LogP contribution in [0, 0.1) is 0 Å². The summed E-state index contributed by atoms with van der Waals surface area (Å²) in [5.74, 6) is 2.83. The quantitative estimate of drug-likeness (QED) is 0.469. The molecule has 0 saturated carbocycles. The van der Waals surface area contributed by atoms with Crippen molar-refractivity contribution in [1.29, 1.82) is 0 Å². The van der Waals surface area contributed by atoms with Gasteiger partial charge in [0, 0.05) is 11.5 Å². The second-order valence-electron chi connectivity index (χ2n) is 1.06. The van der Waals surface area contributed by atoms with E-state index in [1.54, 1.807) is 0 Å². The van der Waals surface area contributed by atoms with Crippen LogP contribution in [-0.4, -0.2) is 34.9 Å². The van der Waals surface area contributed by atoms with Gasteiger partial charge in [-0.15, -0.1) is 0 Å². The molecule has 1 rings (SSSR count). The maximum absolute atomic E-state index is 7.62. The Morgan fingerprint density at radius 1 is 1.14 bits per heavy atom. The summed E-state index contributed by atoms with van der Waals surface area (Å²) in [7, 11) is 0. The third-order valence-corrected chi connectivity index (χ3v) is 0.712. The molecule has 0 aromatic carbocycles. The first-order valence-corrected chi connectivity index (χ1v) is 3.36. The van der Waals surface area contributed by atoms with Gasteiger partial charge in [-0.3, -0.25) is 0 Å². The molecule has 0 aromatic rings. The molecule has 1 aliphatic rings. The van der Waals surface area contributed by atoms with Crippen LogP contribution in [0.1, 0.15) is 0 Å². The Kier molecular flexibility index (Phi) is 6.51. The topological polar surface area (TPSA) is 40.5 Å². The lowest BCUT2D eigenvalue weighted by atomic mass is 10.8. The fourth-order valence-electron chi connectivity index (χ4n) is 0. The number of hydrogen-bond acceptors (Lipinski definition) is 3. The maximum atomic E-state index is 7.62. The van der Waals surface area contributed by atoms with E-state index >= 15 is 0 Å². The molecule has 0 spiro atoms. The van der Waals surface area contributed by atoms with Crippen LogP contribution in [0.4, 0.5) is 0 Å². The van der Waals surface area contributed by atoms with Crippen LogP contribution in [0.5, 0.6) is 0 Å². The molecule has 1 heterocycles. The zero-order chi connectivity index (χ0) is 5.54. The van der Waals surface area contributed by atoms with Crippen LogP contribution < -0.4 is 0 Å². The summed E-state index contributed by atoms with van der Waals surface area (Å²) in [5.41, 5.74) is 0. The van der Waals surface area contributed by atoms with Gasteiger partial charge < -0.3 is 10.2 Å². The average molecular weight is 122 g/mol. The van der Waals surface area contributed by atoms with Crippen LogP contribution in [-0.2, 0) is 0 Å². The second kappa shape index (κ2) is 6.27. The standard InChI is InChI=1S/C2H6O2.C2H4S/c3-1-2-4;1-2-3-1/h3-4H,1-2H2;1-2H2. The molecule has 7 heavy (non-hydrogen) atoms. The first kappa shape index (κ1) is 7.27. The zero-order valence-corrected chi connectivity index (χ0v) is 4.95. The van der Waals surface area contributed by atoms with Crippen molar-refractivity contribution in [3.63, 3.8) is 0 Å². The Morgan fingerprint density at radius 2 is 1.43 bits per heavy atom. The highest BCUT2D eigenvalue weighted by Crippen LogP contribution is 2.14. The van der Waals surface area contributed by atoms with Crippen molar-refractivity contribution in [2.45, 2.75) is 0 Å². The predicted octanol–water partition coefficient (Wildman–Crippen LogP) is -0.296. The van der Waals surface area contributed by atoms with Crippen LogP contribution in [0.3, 0.4) is 0 Å². The Balaban J connectivity index is 0.000000105. The van der Waals surface area contributed by atoms with Crippen molar-refractivity contribution in [3.8, 4) is 0 Å². The number of aliphatic hydroxyl groups is 2. The summed E-state index contributed by atoms with van der Waals surface area (Å²) in [6, 6.07) is 0. The van der Waals surface area contributed by atoms with E-state index in [2.05, 4.69) is 0 Å². The highest BCUT2D eigenvalue weighted by molar-refractivity contribution is 8.06. The number of aliphatic hydroxyl groups excluding tert-OH is 2. The zero-order valence-electron chi connectivity index (χ0n) is 4.13. The molecule has 44 valence electrons. The smallest absolute Gasteiger partial charge is 0.0662 e. The fraction of sp³-hybridized carbons (Fsp3) is 1.00. The van der Waals surface area contributed by atoms with Crippen LogP contribution in [0.2, 0.25) is 0 Å². The summed E-state index contributed by atoms with van der Waals surface area (Å²) >= 11 is 2.00. The molecule has 0 aromatic heterocycles. The number of thioether (sulfide) groups is 1. The molecule has 0 amide bonds. The number of rotatable bonds is 1. The highest BCUT2D eigenvalue weighted by atomic mass is 32.2. The Morgan fingerprint density at radius 3 is 1.43 bits per heavy atom. The van der Waals surface area contributed by atoms with E-state index in [0.29, 0.717) is 0 Å². The first-order chi connectivity index (χ1) is 3.41. The second-order valence-corrected chi connectivity index (χ2v) is 2.28. The first-order valence-electron chi connectivity index (χ1n) is 2.21. The van der Waals surface area contributed by atoms with Crippen molar-refractivity contribution in [2.24, 2.45) is 0 Å².